The highest BCUT2D eigenvalue weighted by atomic mass is 32.2. The monoisotopic (exact) mass is 417 g/mol. The van der Waals surface area contributed by atoms with E-state index in [1.165, 1.54) is 14.9 Å². The second kappa shape index (κ2) is 8.30. The first-order chi connectivity index (χ1) is 13.9. The summed E-state index contributed by atoms with van der Waals surface area (Å²) in [6.45, 7) is 2.47. The molecule has 29 heavy (non-hydrogen) atoms. The molecule has 0 radical (unpaired) electrons. The van der Waals surface area contributed by atoms with Crippen molar-refractivity contribution in [3.63, 3.8) is 0 Å². The van der Waals surface area contributed by atoms with Crippen LogP contribution < -0.4 is 10.2 Å². The summed E-state index contributed by atoms with van der Waals surface area (Å²) < 4.78 is 29.2. The number of sulfonamides is 1. The topological polar surface area (TPSA) is 75.8 Å². The number of likely N-dealkylation sites (tertiary alicyclic amines) is 1. The zero-order valence-electron chi connectivity index (χ0n) is 16.8. The Kier molecular flexibility index (Phi) is 5.76. The van der Waals surface area contributed by atoms with Gasteiger partial charge in [-0.2, -0.15) is 4.31 Å². The Morgan fingerprint density at radius 1 is 1.17 bits per heavy atom. The van der Waals surface area contributed by atoms with Crippen molar-refractivity contribution in [3.8, 4) is 0 Å². The minimum absolute atomic E-state index is 0.0863. The van der Waals surface area contributed by atoms with E-state index in [0.29, 0.717) is 31.4 Å². The largest absolute Gasteiger partial charge is 0.350 e. The lowest BCUT2D eigenvalue weighted by Crippen LogP contribution is -3.11. The van der Waals surface area contributed by atoms with Crippen molar-refractivity contribution in [2.45, 2.75) is 36.6 Å². The van der Waals surface area contributed by atoms with E-state index in [1.54, 1.807) is 24.3 Å². The molecule has 2 saturated heterocycles. The van der Waals surface area contributed by atoms with Crippen LogP contribution in [0.4, 0.5) is 5.69 Å². The van der Waals surface area contributed by atoms with Gasteiger partial charge in [0, 0.05) is 44.9 Å². The number of nitrogens with one attached hydrogen (secondary N) is 2. The summed E-state index contributed by atoms with van der Waals surface area (Å²) in [5.74, 6) is -0.0863. The van der Waals surface area contributed by atoms with Crippen molar-refractivity contribution in [1.82, 2.24) is 8.87 Å². The number of hydrogen-bond donors (Lipinski definition) is 2. The van der Waals surface area contributed by atoms with E-state index < -0.39 is 10.0 Å². The number of nitrogens with zero attached hydrogens (tertiary/aromatic N) is 2. The molecule has 0 bridgehead atoms. The molecule has 1 amide bonds. The normalized spacial score (nSPS) is 22.8. The molecular weight excluding hydrogens is 388 g/mol. The maximum Gasteiger partial charge on any atom is 0.279 e. The van der Waals surface area contributed by atoms with Gasteiger partial charge in [-0.3, -0.25) is 4.79 Å². The van der Waals surface area contributed by atoms with Crippen molar-refractivity contribution in [2.75, 3.05) is 31.5 Å². The molecule has 2 aromatic rings. The van der Waals surface area contributed by atoms with Crippen molar-refractivity contribution >= 4 is 21.6 Å². The quantitative estimate of drug-likeness (QED) is 0.741. The molecule has 7 nitrogen and oxygen atoms in total. The Bertz CT molecular complexity index is 979. The fourth-order valence-electron chi connectivity index (χ4n) is 4.54. The Morgan fingerprint density at radius 3 is 2.69 bits per heavy atom. The summed E-state index contributed by atoms with van der Waals surface area (Å²) in [6, 6.07) is 11.1. The number of rotatable bonds is 6. The summed E-state index contributed by atoms with van der Waals surface area (Å²) in [4.78, 5) is 14.2. The highest BCUT2D eigenvalue weighted by Crippen LogP contribution is 2.23. The van der Waals surface area contributed by atoms with E-state index in [0.717, 1.165) is 32.2 Å². The minimum Gasteiger partial charge on any atom is -0.350 e. The zero-order valence-corrected chi connectivity index (χ0v) is 17.6. The lowest BCUT2D eigenvalue weighted by Gasteiger charge is -2.22. The maximum absolute atomic E-state index is 12.8. The zero-order chi connectivity index (χ0) is 20.4. The molecule has 2 fully saturated rings. The summed E-state index contributed by atoms with van der Waals surface area (Å²) in [7, 11) is -1.45. The summed E-state index contributed by atoms with van der Waals surface area (Å²) in [5.41, 5.74) is 1.79. The van der Waals surface area contributed by atoms with Gasteiger partial charge in [0.15, 0.2) is 6.54 Å². The second-order valence-corrected chi connectivity index (χ2v) is 9.95. The van der Waals surface area contributed by atoms with Gasteiger partial charge in [-0.1, -0.05) is 6.07 Å². The van der Waals surface area contributed by atoms with Crippen LogP contribution in [-0.2, 0) is 21.9 Å². The summed E-state index contributed by atoms with van der Waals surface area (Å²) in [6.07, 6.45) is 6.01. The van der Waals surface area contributed by atoms with Gasteiger partial charge in [0.25, 0.3) is 5.91 Å². The van der Waals surface area contributed by atoms with Crippen LogP contribution in [0.3, 0.4) is 0 Å². The number of aromatic nitrogens is 1. The van der Waals surface area contributed by atoms with E-state index in [-0.39, 0.29) is 10.8 Å². The molecule has 156 valence electrons. The lowest BCUT2D eigenvalue weighted by atomic mass is 10.1. The average molecular weight is 418 g/mol. The number of quaternary nitrogens is 1. The van der Waals surface area contributed by atoms with Gasteiger partial charge >= 0.3 is 0 Å². The molecule has 2 aliphatic rings. The Labute approximate surface area is 172 Å². The van der Waals surface area contributed by atoms with Gasteiger partial charge < -0.3 is 14.8 Å². The van der Waals surface area contributed by atoms with Crippen molar-refractivity contribution < 1.29 is 18.1 Å². The van der Waals surface area contributed by atoms with Crippen LogP contribution in [-0.4, -0.2) is 49.4 Å². The number of aryl methyl sites for hydroxylation is 1. The first-order valence-electron chi connectivity index (χ1n) is 10.3. The molecule has 2 aliphatic heterocycles. The third-order valence-corrected chi connectivity index (χ3v) is 7.93. The molecule has 1 unspecified atom stereocenters. The van der Waals surface area contributed by atoms with E-state index in [2.05, 4.69) is 16.0 Å². The Balaban J connectivity index is 1.43. The highest BCUT2D eigenvalue weighted by Gasteiger charge is 2.33. The molecular formula is C21H29N4O3S+. The molecule has 2 N–H and O–H groups in total. The SMILES string of the molecule is Cn1cccc1[C@@H]1CCC[NH+]1CC(=O)Nc1cccc(S(=O)(=O)N2CCCC2)c1. The van der Waals surface area contributed by atoms with Crippen LogP contribution in [0.2, 0.25) is 0 Å². The fourth-order valence-corrected chi connectivity index (χ4v) is 6.10. The van der Waals surface area contributed by atoms with Crippen LogP contribution in [0.15, 0.2) is 47.5 Å². The molecule has 2 atom stereocenters. The van der Waals surface area contributed by atoms with Gasteiger partial charge in [-0.05, 0) is 43.2 Å². The highest BCUT2D eigenvalue weighted by molar-refractivity contribution is 7.89. The van der Waals surface area contributed by atoms with Crippen LogP contribution in [0.5, 0.6) is 0 Å². The predicted octanol–water partition coefficient (Wildman–Crippen LogP) is 1.17. The number of carbonyl (C=O) groups is 1. The van der Waals surface area contributed by atoms with E-state index in [1.807, 2.05) is 19.3 Å². The van der Waals surface area contributed by atoms with Crippen LogP contribution in [0, 0.1) is 0 Å². The molecule has 4 rings (SSSR count). The standard InChI is InChI=1S/C21H28N4O3S/c1-23-11-5-9-19(23)20-10-6-12-24(20)16-21(26)22-17-7-4-8-18(15-17)29(27,28)25-13-2-3-14-25/h4-5,7-9,11,15,20H,2-3,6,10,12-14,16H2,1H3,(H,22,26)/p+1/t20-/m0/s1. The Morgan fingerprint density at radius 2 is 1.97 bits per heavy atom. The van der Waals surface area contributed by atoms with Crippen molar-refractivity contribution in [3.05, 3.63) is 48.3 Å². The smallest absolute Gasteiger partial charge is 0.279 e. The van der Waals surface area contributed by atoms with Gasteiger partial charge in [0.2, 0.25) is 10.0 Å². The lowest BCUT2D eigenvalue weighted by molar-refractivity contribution is -0.910. The minimum atomic E-state index is -3.49. The number of amides is 1. The molecule has 3 heterocycles. The first-order valence-corrected chi connectivity index (χ1v) is 11.7. The van der Waals surface area contributed by atoms with Crippen molar-refractivity contribution in [1.29, 1.82) is 0 Å². The molecule has 8 heteroatoms. The van der Waals surface area contributed by atoms with Gasteiger partial charge in [0.1, 0.15) is 6.04 Å². The number of hydrogen-bond acceptors (Lipinski definition) is 3. The molecule has 0 aliphatic carbocycles. The van der Waals surface area contributed by atoms with E-state index in [9.17, 15) is 13.2 Å². The van der Waals surface area contributed by atoms with Gasteiger partial charge in [-0.15, -0.1) is 0 Å². The number of benzene rings is 1. The second-order valence-electron chi connectivity index (χ2n) is 8.01. The molecule has 0 spiro atoms. The Hall–Kier alpha value is -2.16. The van der Waals surface area contributed by atoms with E-state index in [4.69, 9.17) is 0 Å². The molecule has 1 aromatic heterocycles. The third kappa shape index (κ3) is 4.24. The van der Waals surface area contributed by atoms with Gasteiger partial charge in [-0.25, -0.2) is 8.42 Å². The number of anilines is 1. The predicted molar refractivity (Wildman–Crippen MR) is 111 cm³/mol. The van der Waals surface area contributed by atoms with Crippen molar-refractivity contribution in [2.24, 2.45) is 7.05 Å². The average Bonchev–Trinajstić information content (AvgIpc) is 3.44. The fraction of sp³-hybridized carbons (Fsp3) is 0.476. The van der Waals surface area contributed by atoms with E-state index >= 15 is 0 Å². The summed E-state index contributed by atoms with van der Waals surface area (Å²) >= 11 is 0. The van der Waals surface area contributed by atoms with Crippen LogP contribution in [0.25, 0.3) is 0 Å². The van der Waals surface area contributed by atoms with Crippen LogP contribution >= 0.6 is 0 Å². The van der Waals surface area contributed by atoms with Gasteiger partial charge in [0.05, 0.1) is 17.1 Å². The maximum atomic E-state index is 12.8. The number of carbonyl (C=O) groups excluding carboxylic acids is 1. The van der Waals surface area contributed by atoms with Crippen LogP contribution in [0.1, 0.15) is 37.4 Å². The molecule has 0 saturated carbocycles. The third-order valence-electron chi connectivity index (χ3n) is 6.03. The molecule has 1 aromatic carbocycles. The first kappa shape index (κ1) is 20.1. The summed E-state index contributed by atoms with van der Waals surface area (Å²) in [5, 5.41) is 2.90.